The maximum atomic E-state index is 12.0. The lowest BCUT2D eigenvalue weighted by atomic mass is 9.91. The van der Waals surface area contributed by atoms with E-state index in [9.17, 15) is 19.2 Å². The molecule has 0 aromatic rings. The lowest BCUT2D eigenvalue weighted by Crippen LogP contribution is -2.31. The van der Waals surface area contributed by atoms with Gasteiger partial charge in [0.05, 0.1) is 0 Å². The van der Waals surface area contributed by atoms with Crippen molar-refractivity contribution in [2.75, 3.05) is 6.54 Å². The molecule has 1 unspecified atom stereocenters. The predicted molar refractivity (Wildman–Crippen MR) is 78.1 cm³/mol. The summed E-state index contributed by atoms with van der Waals surface area (Å²) in [5, 5.41) is 19.3. The van der Waals surface area contributed by atoms with Crippen molar-refractivity contribution < 1.29 is 29.4 Å². The second-order valence-electron chi connectivity index (χ2n) is 5.12. The number of nitrogens with one attached hydrogen (secondary N) is 1. The van der Waals surface area contributed by atoms with E-state index in [0.717, 1.165) is 0 Å². The van der Waals surface area contributed by atoms with Gasteiger partial charge in [0.15, 0.2) is 0 Å². The lowest BCUT2D eigenvalue weighted by Gasteiger charge is -2.14. The molecule has 1 amide bonds. The SMILES string of the molecule is CCC(CCCC(=O)NCC(=O)O)C(=O)CC[C@H](N)C(=O)O. The summed E-state index contributed by atoms with van der Waals surface area (Å²) in [5.41, 5.74) is 5.35. The molecule has 0 heterocycles. The van der Waals surface area contributed by atoms with E-state index in [0.29, 0.717) is 19.3 Å². The van der Waals surface area contributed by atoms with Crippen LogP contribution in [0.1, 0.15) is 45.4 Å². The highest BCUT2D eigenvalue weighted by atomic mass is 16.4. The molecule has 0 bridgehead atoms. The molecule has 8 nitrogen and oxygen atoms in total. The third-order valence-electron chi connectivity index (χ3n) is 3.36. The van der Waals surface area contributed by atoms with E-state index >= 15 is 0 Å². The second kappa shape index (κ2) is 10.7. The Morgan fingerprint density at radius 3 is 2.23 bits per heavy atom. The summed E-state index contributed by atoms with van der Waals surface area (Å²) in [7, 11) is 0. The summed E-state index contributed by atoms with van der Waals surface area (Å²) in [5.74, 6) is -2.88. The molecular formula is C14H24N2O6. The van der Waals surface area contributed by atoms with E-state index in [4.69, 9.17) is 15.9 Å². The molecule has 126 valence electrons. The predicted octanol–water partition coefficient (Wildman–Crippen LogP) is 0.145. The summed E-state index contributed by atoms with van der Waals surface area (Å²) in [6.45, 7) is 1.44. The zero-order chi connectivity index (χ0) is 17.1. The van der Waals surface area contributed by atoms with Gasteiger partial charge in [-0.05, 0) is 25.7 Å². The highest BCUT2D eigenvalue weighted by Gasteiger charge is 2.19. The molecule has 0 aliphatic carbocycles. The first-order valence-electron chi connectivity index (χ1n) is 7.27. The first kappa shape index (κ1) is 20.0. The molecule has 0 aliphatic heterocycles. The van der Waals surface area contributed by atoms with Crippen LogP contribution in [0.2, 0.25) is 0 Å². The molecular weight excluding hydrogens is 292 g/mol. The maximum Gasteiger partial charge on any atom is 0.322 e. The monoisotopic (exact) mass is 316 g/mol. The van der Waals surface area contributed by atoms with E-state index in [1.807, 2.05) is 6.92 Å². The van der Waals surface area contributed by atoms with Crippen LogP contribution in [0.15, 0.2) is 0 Å². The first-order chi connectivity index (χ1) is 10.3. The number of aliphatic carboxylic acids is 2. The van der Waals surface area contributed by atoms with Crippen molar-refractivity contribution in [3.8, 4) is 0 Å². The smallest absolute Gasteiger partial charge is 0.322 e. The standard InChI is InChI=1S/C14H24N2O6/c1-2-9(11(17)7-6-10(15)14(21)22)4-3-5-12(18)16-8-13(19)20/h9-10H,2-8,15H2,1H3,(H,16,18)(H,19,20)(H,21,22)/t9?,10-/m0/s1. The Balaban J connectivity index is 4.04. The van der Waals surface area contributed by atoms with E-state index in [2.05, 4.69) is 5.32 Å². The van der Waals surface area contributed by atoms with E-state index in [1.165, 1.54) is 0 Å². The Kier molecular flexibility index (Phi) is 9.77. The molecule has 2 atom stereocenters. The summed E-state index contributed by atoms with van der Waals surface area (Å²) in [6.07, 6.45) is 1.96. The van der Waals surface area contributed by atoms with Gasteiger partial charge >= 0.3 is 11.9 Å². The Morgan fingerprint density at radius 1 is 1.09 bits per heavy atom. The highest BCUT2D eigenvalue weighted by molar-refractivity contribution is 5.82. The molecule has 0 radical (unpaired) electrons. The number of hydrogen-bond acceptors (Lipinski definition) is 5. The summed E-state index contributed by atoms with van der Waals surface area (Å²) < 4.78 is 0. The third kappa shape index (κ3) is 9.06. The van der Waals surface area contributed by atoms with Gasteiger partial charge in [-0.2, -0.15) is 0 Å². The van der Waals surface area contributed by atoms with E-state index < -0.39 is 24.5 Å². The molecule has 22 heavy (non-hydrogen) atoms. The zero-order valence-corrected chi connectivity index (χ0v) is 12.7. The number of carboxylic acids is 2. The van der Waals surface area contributed by atoms with Crippen LogP contribution in [0, 0.1) is 5.92 Å². The number of rotatable bonds is 12. The van der Waals surface area contributed by atoms with Crippen molar-refractivity contribution in [3.63, 3.8) is 0 Å². The average Bonchev–Trinajstić information content (AvgIpc) is 2.46. The number of hydrogen-bond donors (Lipinski definition) is 4. The molecule has 0 aromatic carbocycles. The summed E-state index contributed by atoms with van der Waals surface area (Å²) in [4.78, 5) is 44.2. The van der Waals surface area contributed by atoms with Crippen LogP contribution in [0.4, 0.5) is 0 Å². The van der Waals surface area contributed by atoms with Gasteiger partial charge in [-0.1, -0.05) is 6.92 Å². The third-order valence-corrected chi connectivity index (χ3v) is 3.36. The molecule has 0 aliphatic rings. The fourth-order valence-electron chi connectivity index (χ4n) is 1.99. The van der Waals surface area contributed by atoms with Gasteiger partial charge in [0, 0.05) is 18.8 Å². The van der Waals surface area contributed by atoms with Crippen molar-refractivity contribution in [1.82, 2.24) is 5.32 Å². The van der Waals surface area contributed by atoms with Gasteiger partial charge in [0.2, 0.25) is 5.91 Å². The van der Waals surface area contributed by atoms with Gasteiger partial charge in [0.1, 0.15) is 18.4 Å². The van der Waals surface area contributed by atoms with Crippen molar-refractivity contribution in [2.24, 2.45) is 11.7 Å². The minimum Gasteiger partial charge on any atom is -0.480 e. The quantitative estimate of drug-likeness (QED) is 0.400. The van der Waals surface area contributed by atoms with Crippen LogP contribution in [0.3, 0.4) is 0 Å². The molecule has 0 aromatic heterocycles. The van der Waals surface area contributed by atoms with Crippen LogP contribution >= 0.6 is 0 Å². The van der Waals surface area contributed by atoms with Crippen LogP contribution in [0.5, 0.6) is 0 Å². The van der Waals surface area contributed by atoms with Crippen LogP contribution in [-0.2, 0) is 19.2 Å². The molecule has 0 saturated carbocycles. The highest BCUT2D eigenvalue weighted by Crippen LogP contribution is 2.16. The Bertz CT molecular complexity index is 410. The molecule has 0 rings (SSSR count). The number of carboxylic acid groups (broad SMARTS) is 2. The van der Waals surface area contributed by atoms with Crippen LogP contribution < -0.4 is 11.1 Å². The molecule has 0 saturated heterocycles. The van der Waals surface area contributed by atoms with Gasteiger partial charge in [-0.3, -0.25) is 19.2 Å². The number of carbonyl (C=O) groups excluding carboxylic acids is 2. The number of ketones is 1. The van der Waals surface area contributed by atoms with E-state index in [-0.39, 0.29) is 36.9 Å². The first-order valence-corrected chi connectivity index (χ1v) is 7.27. The maximum absolute atomic E-state index is 12.0. The Labute approximate surface area is 129 Å². The molecule has 5 N–H and O–H groups in total. The Hall–Kier alpha value is -1.96. The van der Waals surface area contributed by atoms with Gasteiger partial charge < -0.3 is 21.3 Å². The Morgan fingerprint density at radius 2 is 1.73 bits per heavy atom. The van der Waals surface area contributed by atoms with Gasteiger partial charge in [-0.15, -0.1) is 0 Å². The number of amides is 1. The van der Waals surface area contributed by atoms with Crippen molar-refractivity contribution in [3.05, 3.63) is 0 Å². The van der Waals surface area contributed by atoms with E-state index in [1.54, 1.807) is 0 Å². The minimum absolute atomic E-state index is 0.0508. The number of nitrogens with two attached hydrogens (primary N) is 1. The second-order valence-corrected chi connectivity index (χ2v) is 5.12. The van der Waals surface area contributed by atoms with Gasteiger partial charge in [0.25, 0.3) is 0 Å². The number of Topliss-reactive ketones (excluding diaryl/α,β-unsaturated/α-hetero) is 1. The van der Waals surface area contributed by atoms with Crippen molar-refractivity contribution in [1.29, 1.82) is 0 Å². The van der Waals surface area contributed by atoms with Crippen molar-refractivity contribution in [2.45, 2.75) is 51.5 Å². The topological polar surface area (TPSA) is 147 Å². The lowest BCUT2D eigenvalue weighted by molar-refractivity contribution is -0.139. The summed E-state index contributed by atoms with van der Waals surface area (Å²) in [6, 6.07) is -1.04. The largest absolute Gasteiger partial charge is 0.480 e. The van der Waals surface area contributed by atoms with Crippen molar-refractivity contribution >= 4 is 23.6 Å². The zero-order valence-electron chi connectivity index (χ0n) is 12.7. The molecule has 8 heteroatoms. The number of carbonyl (C=O) groups is 4. The fraction of sp³-hybridized carbons (Fsp3) is 0.714. The van der Waals surface area contributed by atoms with Gasteiger partial charge in [-0.25, -0.2) is 0 Å². The van der Waals surface area contributed by atoms with Crippen LogP contribution in [-0.4, -0.2) is 46.4 Å². The summed E-state index contributed by atoms with van der Waals surface area (Å²) >= 11 is 0. The minimum atomic E-state index is -1.13. The van der Waals surface area contributed by atoms with Crippen LogP contribution in [0.25, 0.3) is 0 Å². The average molecular weight is 316 g/mol. The molecule has 0 fully saturated rings. The fourth-order valence-corrected chi connectivity index (χ4v) is 1.99. The molecule has 0 spiro atoms. The normalized spacial score (nSPS) is 13.2.